The average molecular weight is 388 g/mol. The topological polar surface area (TPSA) is 76.7 Å². The number of hydrogen-bond donors (Lipinski definition) is 2. The molecule has 29 heavy (non-hydrogen) atoms. The Morgan fingerprint density at radius 1 is 0.931 bits per heavy atom. The molecular weight excluding hydrogens is 368 g/mol. The highest BCUT2D eigenvalue weighted by Gasteiger charge is 2.51. The van der Waals surface area contributed by atoms with E-state index in [0.717, 1.165) is 11.4 Å². The predicted molar refractivity (Wildman–Crippen MR) is 109 cm³/mol. The first kappa shape index (κ1) is 18.6. The quantitative estimate of drug-likeness (QED) is 0.653. The van der Waals surface area contributed by atoms with Crippen LogP contribution in [0.3, 0.4) is 0 Å². The second-order valence-electron chi connectivity index (χ2n) is 6.68. The van der Waals surface area contributed by atoms with Gasteiger partial charge in [0.15, 0.2) is 5.54 Å². The van der Waals surface area contributed by atoms with E-state index in [1.165, 1.54) is 14.2 Å². The van der Waals surface area contributed by atoms with Gasteiger partial charge in [-0.2, -0.15) is 0 Å². The van der Waals surface area contributed by atoms with Crippen LogP contribution in [-0.4, -0.2) is 26.1 Å². The number of carbonyl (C=O) groups is 2. The fraction of sp³-hybridized carbons (Fsp3) is 0.130. The Bertz CT molecular complexity index is 1080. The van der Waals surface area contributed by atoms with Crippen molar-refractivity contribution in [3.05, 3.63) is 89.5 Å². The fourth-order valence-corrected chi connectivity index (χ4v) is 3.64. The van der Waals surface area contributed by atoms with Crippen molar-refractivity contribution in [2.45, 2.75) is 5.54 Å². The van der Waals surface area contributed by atoms with E-state index >= 15 is 0 Å². The molecule has 0 radical (unpaired) electrons. The van der Waals surface area contributed by atoms with Crippen LogP contribution in [0.15, 0.2) is 72.8 Å². The Hall–Kier alpha value is -3.80. The van der Waals surface area contributed by atoms with E-state index < -0.39 is 11.5 Å². The molecule has 1 heterocycles. The van der Waals surface area contributed by atoms with Crippen molar-refractivity contribution < 1.29 is 19.1 Å². The summed E-state index contributed by atoms with van der Waals surface area (Å²) >= 11 is 0. The Morgan fingerprint density at radius 3 is 2.41 bits per heavy atom. The summed E-state index contributed by atoms with van der Waals surface area (Å²) in [6, 6.07) is 22.1. The zero-order valence-corrected chi connectivity index (χ0v) is 16.1. The SMILES string of the molecule is COC(=O)C1(c2cccc(Nc3ccccc3)c2)NC(=O)c2ccc(OC)cc21. The van der Waals surface area contributed by atoms with Crippen molar-refractivity contribution in [3.8, 4) is 5.75 Å². The number of hydrogen-bond acceptors (Lipinski definition) is 5. The van der Waals surface area contributed by atoms with Crippen LogP contribution in [0.4, 0.5) is 11.4 Å². The molecule has 0 aliphatic carbocycles. The molecule has 0 saturated carbocycles. The van der Waals surface area contributed by atoms with Crippen molar-refractivity contribution in [2.75, 3.05) is 19.5 Å². The zero-order valence-electron chi connectivity index (χ0n) is 16.1. The van der Waals surface area contributed by atoms with Crippen molar-refractivity contribution >= 4 is 23.3 Å². The van der Waals surface area contributed by atoms with Crippen molar-refractivity contribution in [1.29, 1.82) is 0 Å². The molecule has 1 aliphatic rings. The minimum atomic E-state index is -1.45. The summed E-state index contributed by atoms with van der Waals surface area (Å²) in [6.07, 6.45) is 0. The third-order valence-electron chi connectivity index (χ3n) is 5.03. The summed E-state index contributed by atoms with van der Waals surface area (Å²) in [7, 11) is 2.84. The molecule has 4 rings (SSSR count). The van der Waals surface area contributed by atoms with E-state index in [9.17, 15) is 9.59 Å². The third-order valence-corrected chi connectivity index (χ3v) is 5.03. The highest BCUT2D eigenvalue weighted by Crippen LogP contribution is 2.40. The standard InChI is InChI=1S/C23H20N2O4/c1-28-18-11-12-19-20(14-18)23(22(27)29-2,25-21(19)26)15-7-6-10-17(13-15)24-16-8-4-3-5-9-16/h3-14,24H,1-2H3,(H,25,26). The van der Waals surface area contributed by atoms with Gasteiger partial charge in [0.05, 0.1) is 14.2 Å². The van der Waals surface area contributed by atoms with Crippen LogP contribution in [0.2, 0.25) is 0 Å². The number of anilines is 2. The summed E-state index contributed by atoms with van der Waals surface area (Å²) in [4.78, 5) is 25.7. The van der Waals surface area contributed by atoms with E-state index in [0.29, 0.717) is 22.4 Å². The van der Waals surface area contributed by atoms with Crippen molar-refractivity contribution in [1.82, 2.24) is 5.32 Å². The number of fused-ring (bicyclic) bond motifs is 1. The molecule has 3 aromatic rings. The van der Waals surface area contributed by atoms with Gasteiger partial charge in [-0.25, -0.2) is 4.79 Å². The van der Waals surface area contributed by atoms with Gasteiger partial charge in [0.25, 0.3) is 5.91 Å². The second-order valence-corrected chi connectivity index (χ2v) is 6.68. The molecule has 6 heteroatoms. The Labute approximate surface area is 168 Å². The van der Waals surface area contributed by atoms with Crippen LogP contribution in [0.5, 0.6) is 5.75 Å². The molecule has 1 amide bonds. The summed E-state index contributed by atoms with van der Waals surface area (Å²) in [6.45, 7) is 0. The van der Waals surface area contributed by atoms with E-state index in [1.807, 2.05) is 48.5 Å². The van der Waals surface area contributed by atoms with E-state index in [4.69, 9.17) is 9.47 Å². The van der Waals surface area contributed by atoms with E-state index in [2.05, 4.69) is 10.6 Å². The molecule has 0 fully saturated rings. The number of benzene rings is 3. The first-order valence-corrected chi connectivity index (χ1v) is 9.10. The Kier molecular flexibility index (Phi) is 4.68. The maximum atomic E-state index is 13.0. The van der Waals surface area contributed by atoms with Crippen LogP contribution < -0.4 is 15.4 Å². The minimum Gasteiger partial charge on any atom is -0.497 e. The highest BCUT2D eigenvalue weighted by molar-refractivity contribution is 6.07. The predicted octanol–water partition coefficient (Wildman–Crippen LogP) is 3.60. The lowest BCUT2D eigenvalue weighted by atomic mass is 9.83. The highest BCUT2D eigenvalue weighted by atomic mass is 16.5. The molecule has 3 aromatic carbocycles. The van der Waals surface area contributed by atoms with Gasteiger partial charge < -0.3 is 20.1 Å². The maximum Gasteiger partial charge on any atom is 0.341 e. The van der Waals surface area contributed by atoms with Gasteiger partial charge in [0.2, 0.25) is 0 Å². The molecular formula is C23H20N2O4. The molecule has 6 nitrogen and oxygen atoms in total. The largest absolute Gasteiger partial charge is 0.497 e. The van der Waals surface area contributed by atoms with Crippen molar-refractivity contribution in [3.63, 3.8) is 0 Å². The van der Waals surface area contributed by atoms with Gasteiger partial charge in [0.1, 0.15) is 5.75 Å². The van der Waals surface area contributed by atoms with Gasteiger partial charge in [-0.05, 0) is 48.0 Å². The molecule has 0 saturated heterocycles. The summed E-state index contributed by atoms with van der Waals surface area (Å²) in [5.41, 5.74) is 1.75. The first-order valence-electron chi connectivity index (χ1n) is 9.10. The van der Waals surface area contributed by atoms with Gasteiger partial charge in [0, 0.05) is 22.5 Å². The molecule has 0 bridgehead atoms. The van der Waals surface area contributed by atoms with Gasteiger partial charge in [-0.15, -0.1) is 0 Å². The number of para-hydroxylation sites is 1. The summed E-state index contributed by atoms with van der Waals surface area (Å²) < 4.78 is 10.4. The minimum absolute atomic E-state index is 0.338. The molecule has 1 atom stereocenters. The molecule has 1 unspecified atom stereocenters. The normalized spacial score (nSPS) is 17.2. The number of nitrogens with one attached hydrogen (secondary N) is 2. The second kappa shape index (κ2) is 7.31. The summed E-state index contributed by atoms with van der Waals surface area (Å²) in [5, 5.41) is 6.16. The van der Waals surface area contributed by atoms with Crippen molar-refractivity contribution in [2.24, 2.45) is 0 Å². The smallest absolute Gasteiger partial charge is 0.341 e. The average Bonchev–Trinajstić information content (AvgIpc) is 3.07. The number of amides is 1. The number of ether oxygens (including phenoxy) is 2. The van der Waals surface area contributed by atoms with Crippen LogP contribution in [-0.2, 0) is 15.1 Å². The monoisotopic (exact) mass is 388 g/mol. The molecule has 0 spiro atoms. The zero-order chi connectivity index (χ0) is 20.4. The Morgan fingerprint density at radius 2 is 1.69 bits per heavy atom. The lowest BCUT2D eigenvalue weighted by molar-refractivity contribution is -0.146. The van der Waals surface area contributed by atoms with Crippen LogP contribution >= 0.6 is 0 Å². The number of carbonyl (C=O) groups excluding carboxylic acids is 2. The fourth-order valence-electron chi connectivity index (χ4n) is 3.64. The maximum absolute atomic E-state index is 13.0. The lowest BCUT2D eigenvalue weighted by Crippen LogP contribution is -2.48. The third kappa shape index (κ3) is 3.08. The molecule has 2 N–H and O–H groups in total. The molecule has 1 aliphatic heterocycles. The van der Waals surface area contributed by atoms with Crippen LogP contribution in [0.1, 0.15) is 21.5 Å². The number of esters is 1. The van der Waals surface area contributed by atoms with E-state index in [1.54, 1.807) is 24.3 Å². The number of rotatable bonds is 5. The van der Waals surface area contributed by atoms with Crippen LogP contribution in [0, 0.1) is 0 Å². The molecule has 0 aromatic heterocycles. The van der Waals surface area contributed by atoms with Gasteiger partial charge >= 0.3 is 5.97 Å². The van der Waals surface area contributed by atoms with Crippen LogP contribution in [0.25, 0.3) is 0 Å². The lowest BCUT2D eigenvalue weighted by Gasteiger charge is -2.28. The Balaban J connectivity index is 1.85. The first-order chi connectivity index (χ1) is 14.1. The van der Waals surface area contributed by atoms with Gasteiger partial charge in [-0.1, -0.05) is 30.3 Å². The van der Waals surface area contributed by atoms with E-state index in [-0.39, 0.29) is 5.91 Å². The van der Waals surface area contributed by atoms with Gasteiger partial charge in [-0.3, -0.25) is 4.79 Å². The number of methoxy groups -OCH3 is 2. The summed E-state index contributed by atoms with van der Waals surface area (Å²) in [5.74, 6) is -0.365. The molecule has 146 valence electrons.